The van der Waals surface area contributed by atoms with E-state index in [0.29, 0.717) is 0 Å². The maximum Gasteiger partial charge on any atom is 1.00 e. The quantitative estimate of drug-likeness (QED) is 0.129. The summed E-state index contributed by atoms with van der Waals surface area (Å²) >= 11 is 0. The van der Waals surface area contributed by atoms with Crippen molar-refractivity contribution in [2.45, 2.75) is 12.8 Å². The molecule has 2 aromatic rings. The van der Waals surface area contributed by atoms with Crippen LogP contribution in [0.5, 0.6) is 0 Å². The summed E-state index contributed by atoms with van der Waals surface area (Å²) in [5, 5.41) is 41.4. The molecule has 3 radical (unpaired) electrons. The van der Waals surface area contributed by atoms with Gasteiger partial charge in [-0.25, -0.2) is 37.7 Å². The topological polar surface area (TPSA) is 145 Å². The molecule has 2 aromatic carbocycles. The number of rotatable bonds is 6. The molecule has 0 aliphatic carbocycles. The molecule has 0 heterocycles. The summed E-state index contributed by atoms with van der Waals surface area (Å²) in [6.45, 7) is 2.92. The van der Waals surface area contributed by atoms with Crippen LogP contribution < -0.4 is 29.6 Å². The Morgan fingerprint density at radius 1 is 0.909 bits per heavy atom. The van der Waals surface area contributed by atoms with Crippen molar-refractivity contribution in [1.29, 1.82) is 0 Å². The van der Waals surface area contributed by atoms with E-state index in [-0.39, 0.29) is 74.5 Å². The van der Waals surface area contributed by atoms with Crippen LogP contribution in [0.25, 0.3) is 0 Å². The third-order valence-corrected chi connectivity index (χ3v) is 3.56. The third-order valence-electron chi connectivity index (χ3n) is 3.56. The van der Waals surface area contributed by atoms with Crippen molar-refractivity contribution < 1.29 is 89.0 Å². The minimum Gasteiger partial charge on any atom is -1.00 e. The van der Waals surface area contributed by atoms with Gasteiger partial charge in [0.15, 0.2) is 23.3 Å². The van der Waals surface area contributed by atoms with Crippen LogP contribution in [-0.2, 0) is 17.9 Å². The van der Waals surface area contributed by atoms with Crippen LogP contribution >= 0.6 is 0 Å². The van der Waals surface area contributed by atoms with Gasteiger partial charge in [0, 0.05) is 26.1 Å². The van der Waals surface area contributed by atoms with E-state index >= 15 is 0 Å². The predicted molar refractivity (Wildman–Crippen MR) is 105 cm³/mol. The van der Waals surface area contributed by atoms with E-state index in [0.717, 1.165) is 24.3 Å². The Labute approximate surface area is 211 Å². The third kappa shape index (κ3) is 10.9. The number of carboxylic acid groups (broad SMARTS) is 2. The number of aromatic carboxylic acids is 2. The molecule has 0 bridgehead atoms. The molecule has 2 rings (SSSR count). The summed E-state index contributed by atoms with van der Waals surface area (Å²) in [5.74, 6) is -7.11. The largest absolute Gasteiger partial charge is 1.00 e. The Morgan fingerprint density at radius 2 is 1.27 bits per heavy atom. The summed E-state index contributed by atoms with van der Waals surface area (Å²) in [6.07, 6.45) is 1.10. The molecule has 0 fully saturated rings. The zero-order valence-electron chi connectivity index (χ0n) is 18.3. The Bertz CT molecular complexity index is 938. The smallest absolute Gasteiger partial charge is 1.00 e. The molecule has 175 valence electrons. The average molecular weight is 485 g/mol. The normalized spacial score (nSPS) is 9.06. The number of aliphatic hydroxyl groups excluding tert-OH is 1. The van der Waals surface area contributed by atoms with E-state index in [1.165, 1.54) is 6.08 Å². The second-order valence-corrected chi connectivity index (χ2v) is 5.43. The van der Waals surface area contributed by atoms with E-state index < -0.39 is 41.8 Å². The van der Waals surface area contributed by atoms with E-state index in [2.05, 4.69) is 11.6 Å². The fourth-order valence-electron chi connectivity index (χ4n) is 2.29. The minimum atomic E-state index is -1.34. The van der Waals surface area contributed by atoms with Crippen LogP contribution in [0.15, 0.2) is 36.9 Å². The Kier molecular flexibility index (Phi) is 19.5. The molecule has 8 nitrogen and oxygen atoms in total. The molecule has 5 N–H and O–H groups in total. The van der Waals surface area contributed by atoms with Gasteiger partial charge >= 0.3 is 41.5 Å². The van der Waals surface area contributed by atoms with E-state index in [4.69, 9.17) is 25.8 Å². The van der Waals surface area contributed by atoms with Crippen molar-refractivity contribution in [2.75, 3.05) is 6.61 Å². The molecule has 0 unspecified atom stereocenters. The van der Waals surface area contributed by atoms with Crippen LogP contribution in [0.1, 0.15) is 33.3 Å². The fraction of sp³-hybridized carbons (Fsp3) is 0.158. The maximum atomic E-state index is 13.1. The fourth-order valence-corrected chi connectivity index (χ4v) is 2.29. The zero-order chi connectivity index (χ0) is 24.1. The minimum absolute atomic E-state index is 0. The van der Waals surface area contributed by atoms with Crippen LogP contribution in [-0.4, -0.2) is 52.8 Å². The number of allylic oxidation sites excluding steroid dienone is 1. The molecule has 0 amide bonds. The van der Waals surface area contributed by atoms with Crippen molar-refractivity contribution in [3.8, 4) is 0 Å². The van der Waals surface area contributed by atoms with Gasteiger partial charge in [-0.1, -0.05) is 11.1 Å². The van der Waals surface area contributed by atoms with E-state index in [1.807, 2.05) is 0 Å². The second kappa shape index (κ2) is 18.2. The number of hydrogen-bond acceptors (Lipinski definition) is 6. The molecule has 33 heavy (non-hydrogen) atoms. The molecule has 0 saturated carbocycles. The molecule has 0 saturated heterocycles. The number of carboxylic acids is 2. The number of hydrogen-bond donors (Lipinski definition) is 5. The first-order chi connectivity index (χ1) is 14.6. The number of benzene rings is 2. The van der Waals surface area contributed by atoms with Gasteiger partial charge in [-0.2, -0.15) is 0 Å². The summed E-state index contributed by atoms with van der Waals surface area (Å²) in [7, 11) is 0. The molecular weight excluding hydrogens is 466 g/mol. The SMILES string of the molecule is C=CCc1c(C(=O)O)ccc(F)c1F.O=C(O)c1ccc(F)c(F)c1CCO.OOO.[B].[H-].[Na+]. The van der Waals surface area contributed by atoms with Gasteiger partial charge in [0.25, 0.3) is 0 Å². The van der Waals surface area contributed by atoms with Gasteiger partial charge in [-0.15, -0.1) is 6.58 Å². The molecule has 0 spiro atoms. The molecule has 0 aromatic heterocycles. The Balaban J connectivity index is -0.000000220. The number of carbonyl (C=O) groups is 2. The summed E-state index contributed by atoms with van der Waals surface area (Å²) in [4.78, 5) is 21.2. The molecular formula is C19H19BF4NaO8. The van der Waals surface area contributed by atoms with Crippen molar-refractivity contribution >= 4 is 20.4 Å². The van der Waals surface area contributed by atoms with Gasteiger partial charge in [0.2, 0.25) is 0 Å². The molecule has 14 heteroatoms. The monoisotopic (exact) mass is 485 g/mol. The van der Waals surface area contributed by atoms with E-state index in [1.54, 1.807) is 0 Å². The van der Waals surface area contributed by atoms with Crippen molar-refractivity contribution in [3.05, 3.63) is 82.4 Å². The van der Waals surface area contributed by atoms with Crippen LogP contribution in [0.2, 0.25) is 0 Å². The van der Waals surface area contributed by atoms with Gasteiger partial charge in [-0.05, 0) is 37.1 Å². The second-order valence-electron chi connectivity index (χ2n) is 5.43. The van der Waals surface area contributed by atoms with Crippen molar-refractivity contribution in [3.63, 3.8) is 0 Å². The number of aliphatic hydroxyl groups is 1. The van der Waals surface area contributed by atoms with Crippen LogP contribution in [0.4, 0.5) is 17.6 Å². The van der Waals surface area contributed by atoms with Crippen molar-refractivity contribution in [2.24, 2.45) is 0 Å². The predicted octanol–water partition coefficient (Wildman–Crippen LogP) is 0.274. The first-order valence-corrected chi connectivity index (χ1v) is 8.14. The summed E-state index contributed by atoms with van der Waals surface area (Å²) < 4.78 is 51.6. The van der Waals surface area contributed by atoms with Crippen molar-refractivity contribution in [1.82, 2.24) is 0 Å². The van der Waals surface area contributed by atoms with Crippen LogP contribution in [0, 0.1) is 23.3 Å². The van der Waals surface area contributed by atoms with Gasteiger partial charge in [-0.3, -0.25) is 0 Å². The first-order valence-electron chi connectivity index (χ1n) is 8.14. The van der Waals surface area contributed by atoms with Crippen LogP contribution in [0.3, 0.4) is 0 Å². The first kappa shape index (κ1) is 35.3. The molecule has 0 aliphatic rings. The van der Waals surface area contributed by atoms with Gasteiger partial charge in [0.1, 0.15) is 0 Å². The summed E-state index contributed by atoms with van der Waals surface area (Å²) in [6, 6.07) is 3.57. The van der Waals surface area contributed by atoms with Gasteiger partial charge < -0.3 is 16.7 Å². The average Bonchev–Trinajstić information content (AvgIpc) is 2.70. The molecule has 0 aliphatic heterocycles. The van der Waals surface area contributed by atoms with E-state index in [9.17, 15) is 27.2 Å². The Hall–Kier alpha value is -2.26. The zero-order valence-corrected chi connectivity index (χ0v) is 19.3. The standard InChI is InChI=1S/C10H8F2O2.C9H8F2O3.B.Na.H2O3.H/c1-2-3-6-7(10(13)14)4-5-8(11)9(6)12;10-7-2-1-6(9(13)14)5(3-4-12)8(7)11;;;1-3-2;/h2,4-5H,1,3H2,(H,13,14);1-2,12H,3-4H2,(H,13,14);;;1-2H;/q;;;+1;;-1. The summed E-state index contributed by atoms with van der Waals surface area (Å²) in [5.41, 5.74) is -1.03. The number of halogens is 4. The van der Waals surface area contributed by atoms with Gasteiger partial charge in [0.05, 0.1) is 11.1 Å². The maximum absolute atomic E-state index is 13.1. The molecule has 0 atom stereocenters. The Morgan fingerprint density at radius 3 is 1.61 bits per heavy atom.